The van der Waals surface area contributed by atoms with Crippen molar-refractivity contribution in [2.75, 3.05) is 24.6 Å². The van der Waals surface area contributed by atoms with Gasteiger partial charge in [-0.05, 0) is 12.5 Å². The van der Waals surface area contributed by atoms with E-state index in [1.807, 2.05) is 53.9 Å². The molecule has 0 saturated carbocycles. The number of benzene rings is 1. The number of urea groups is 1. The first kappa shape index (κ1) is 15.9. The van der Waals surface area contributed by atoms with Gasteiger partial charge in [-0.2, -0.15) is 16.7 Å². The smallest absolute Gasteiger partial charge is 0.318 e. The summed E-state index contributed by atoms with van der Waals surface area (Å²) in [4.78, 5) is 18.4. The van der Waals surface area contributed by atoms with Crippen LogP contribution in [-0.2, 0) is 6.42 Å². The monoisotopic (exact) mass is 332 g/mol. The number of carbonyl (C=O) groups is 1. The van der Waals surface area contributed by atoms with Gasteiger partial charge in [-0.15, -0.1) is 0 Å². The van der Waals surface area contributed by atoms with Crippen molar-refractivity contribution in [1.82, 2.24) is 20.4 Å². The van der Waals surface area contributed by atoms with Crippen LogP contribution in [0, 0.1) is 0 Å². The molecule has 1 atom stereocenters. The second kappa shape index (κ2) is 7.50. The second-order valence-electron chi connectivity index (χ2n) is 5.48. The first-order chi connectivity index (χ1) is 11.2. The Morgan fingerprint density at radius 3 is 2.83 bits per heavy atom. The topological polar surface area (TPSA) is 71.3 Å². The van der Waals surface area contributed by atoms with Crippen molar-refractivity contribution >= 4 is 17.8 Å². The molecule has 1 fully saturated rings. The molecule has 0 aliphatic carbocycles. The van der Waals surface area contributed by atoms with Gasteiger partial charge in [0, 0.05) is 31.0 Å². The van der Waals surface area contributed by atoms with Crippen molar-refractivity contribution in [2.45, 2.75) is 19.4 Å². The summed E-state index contributed by atoms with van der Waals surface area (Å²) >= 11 is 1.87. The van der Waals surface area contributed by atoms with E-state index in [0.717, 1.165) is 30.2 Å². The molecular formula is C16H20N4O2S. The molecule has 0 radical (unpaired) electrons. The highest BCUT2D eigenvalue weighted by molar-refractivity contribution is 7.99. The van der Waals surface area contributed by atoms with Crippen LogP contribution in [0.25, 0.3) is 0 Å². The lowest BCUT2D eigenvalue weighted by atomic mass is 10.1. The quantitative estimate of drug-likeness (QED) is 0.931. The minimum atomic E-state index is -0.297. The van der Waals surface area contributed by atoms with Crippen LogP contribution in [0.1, 0.15) is 30.2 Å². The summed E-state index contributed by atoms with van der Waals surface area (Å²) < 4.78 is 5.29. The molecule has 3 rings (SSSR count). The molecule has 2 heterocycles. The molecular weight excluding hydrogens is 312 g/mol. The highest BCUT2D eigenvalue weighted by Crippen LogP contribution is 2.14. The predicted molar refractivity (Wildman–Crippen MR) is 89.4 cm³/mol. The number of thioether (sulfide) groups is 1. The van der Waals surface area contributed by atoms with E-state index in [0.29, 0.717) is 18.1 Å². The average molecular weight is 332 g/mol. The zero-order valence-corrected chi connectivity index (χ0v) is 13.9. The molecule has 0 bridgehead atoms. The molecule has 1 aromatic carbocycles. The van der Waals surface area contributed by atoms with E-state index in [1.54, 1.807) is 0 Å². The van der Waals surface area contributed by atoms with Gasteiger partial charge in [0.1, 0.15) is 6.04 Å². The van der Waals surface area contributed by atoms with Gasteiger partial charge >= 0.3 is 6.03 Å². The number of aromatic nitrogens is 2. The lowest BCUT2D eigenvalue weighted by Crippen LogP contribution is -2.45. The molecule has 0 spiro atoms. The lowest BCUT2D eigenvalue weighted by molar-refractivity contribution is 0.196. The van der Waals surface area contributed by atoms with E-state index in [2.05, 4.69) is 15.5 Å². The molecule has 2 aromatic rings. The van der Waals surface area contributed by atoms with Gasteiger partial charge in [0.05, 0.1) is 0 Å². The molecule has 2 amide bonds. The van der Waals surface area contributed by atoms with Gasteiger partial charge in [-0.25, -0.2) is 4.79 Å². The number of carbonyl (C=O) groups excluding carboxylic acids is 1. The lowest BCUT2D eigenvalue weighted by Gasteiger charge is -2.27. The fourth-order valence-electron chi connectivity index (χ4n) is 2.40. The molecule has 1 aliphatic heterocycles. The fraction of sp³-hybridized carbons (Fsp3) is 0.438. The molecule has 1 saturated heterocycles. The molecule has 122 valence electrons. The summed E-state index contributed by atoms with van der Waals surface area (Å²) in [6.45, 7) is 3.43. The summed E-state index contributed by atoms with van der Waals surface area (Å²) in [5, 5.41) is 6.92. The number of hydrogen-bond acceptors (Lipinski definition) is 5. The van der Waals surface area contributed by atoms with Gasteiger partial charge in [-0.1, -0.05) is 35.5 Å². The molecule has 1 aliphatic rings. The van der Waals surface area contributed by atoms with Crippen molar-refractivity contribution in [2.24, 2.45) is 0 Å². The Kier molecular flexibility index (Phi) is 5.17. The summed E-state index contributed by atoms with van der Waals surface area (Å²) in [6.07, 6.45) is 0.619. The van der Waals surface area contributed by atoms with Gasteiger partial charge < -0.3 is 14.7 Å². The van der Waals surface area contributed by atoms with Crippen molar-refractivity contribution in [3.8, 4) is 0 Å². The normalized spacial score (nSPS) is 16.1. The Morgan fingerprint density at radius 1 is 1.35 bits per heavy atom. The third-order valence-electron chi connectivity index (χ3n) is 3.70. The average Bonchev–Trinajstić information content (AvgIpc) is 3.05. The second-order valence-corrected chi connectivity index (χ2v) is 6.71. The summed E-state index contributed by atoms with van der Waals surface area (Å²) in [6, 6.07) is 9.62. The highest BCUT2D eigenvalue weighted by atomic mass is 32.2. The minimum absolute atomic E-state index is 0.0689. The summed E-state index contributed by atoms with van der Waals surface area (Å²) in [5.74, 6) is 3.05. The molecule has 1 aromatic heterocycles. The van der Waals surface area contributed by atoms with Crippen LogP contribution in [0.5, 0.6) is 0 Å². The van der Waals surface area contributed by atoms with Gasteiger partial charge in [0.25, 0.3) is 0 Å². The highest BCUT2D eigenvalue weighted by Gasteiger charge is 2.21. The maximum atomic E-state index is 12.2. The van der Waals surface area contributed by atoms with E-state index in [-0.39, 0.29) is 12.1 Å². The first-order valence-electron chi connectivity index (χ1n) is 7.72. The Labute approximate surface area is 139 Å². The number of amides is 2. The number of nitrogens with one attached hydrogen (secondary N) is 1. The van der Waals surface area contributed by atoms with Crippen LogP contribution in [-0.4, -0.2) is 45.7 Å². The third kappa shape index (κ3) is 4.25. The minimum Gasteiger partial charge on any atom is -0.337 e. The van der Waals surface area contributed by atoms with Gasteiger partial charge in [0.15, 0.2) is 5.82 Å². The molecule has 1 unspecified atom stereocenters. The van der Waals surface area contributed by atoms with Crippen molar-refractivity contribution < 1.29 is 9.32 Å². The zero-order valence-electron chi connectivity index (χ0n) is 13.1. The van der Waals surface area contributed by atoms with E-state index in [1.165, 1.54) is 0 Å². The Morgan fingerprint density at radius 2 is 2.09 bits per heavy atom. The fourth-order valence-corrected chi connectivity index (χ4v) is 3.30. The van der Waals surface area contributed by atoms with E-state index >= 15 is 0 Å². The van der Waals surface area contributed by atoms with Crippen molar-refractivity contribution in [3.63, 3.8) is 0 Å². The first-order valence-corrected chi connectivity index (χ1v) is 8.87. The Bertz CT molecular complexity index is 641. The molecule has 6 nitrogen and oxygen atoms in total. The number of rotatable bonds is 4. The number of hydrogen-bond donors (Lipinski definition) is 1. The molecule has 7 heteroatoms. The van der Waals surface area contributed by atoms with Gasteiger partial charge in [-0.3, -0.25) is 0 Å². The van der Waals surface area contributed by atoms with E-state index in [4.69, 9.17) is 4.52 Å². The van der Waals surface area contributed by atoms with Crippen LogP contribution < -0.4 is 5.32 Å². The SMILES string of the molecule is CC(NC(=O)N1CCSCC1)c1nc(Cc2ccccc2)no1. The van der Waals surface area contributed by atoms with Crippen LogP contribution in [0.3, 0.4) is 0 Å². The number of nitrogens with zero attached hydrogens (tertiary/aromatic N) is 3. The van der Waals surface area contributed by atoms with Gasteiger partial charge in [0.2, 0.25) is 5.89 Å². The van der Waals surface area contributed by atoms with Crippen molar-refractivity contribution in [1.29, 1.82) is 0 Å². The van der Waals surface area contributed by atoms with E-state index < -0.39 is 0 Å². The predicted octanol–water partition coefficient (Wildman–Crippen LogP) is 2.48. The Hall–Kier alpha value is -2.02. The molecule has 23 heavy (non-hydrogen) atoms. The van der Waals surface area contributed by atoms with Crippen LogP contribution in [0.2, 0.25) is 0 Å². The van der Waals surface area contributed by atoms with Crippen LogP contribution >= 0.6 is 11.8 Å². The van der Waals surface area contributed by atoms with Crippen LogP contribution in [0.4, 0.5) is 4.79 Å². The largest absolute Gasteiger partial charge is 0.337 e. The standard InChI is InChI=1S/C16H20N4O2S/c1-12(17-16(21)20-7-9-23-10-8-20)15-18-14(19-22-15)11-13-5-3-2-4-6-13/h2-6,12H,7-11H2,1H3,(H,17,21). The van der Waals surface area contributed by atoms with Crippen molar-refractivity contribution in [3.05, 3.63) is 47.6 Å². The maximum absolute atomic E-state index is 12.2. The zero-order chi connectivity index (χ0) is 16.1. The summed E-state index contributed by atoms with van der Waals surface area (Å²) in [7, 11) is 0. The summed E-state index contributed by atoms with van der Waals surface area (Å²) in [5.41, 5.74) is 1.13. The van der Waals surface area contributed by atoms with Crippen LogP contribution in [0.15, 0.2) is 34.9 Å². The molecule has 1 N–H and O–H groups in total. The van der Waals surface area contributed by atoms with E-state index in [9.17, 15) is 4.79 Å². The maximum Gasteiger partial charge on any atom is 0.318 e. The third-order valence-corrected chi connectivity index (χ3v) is 4.64. The Balaban J connectivity index is 1.57.